The molecule has 1 aromatic carbocycles. The maximum Gasteiger partial charge on any atom is 0.339 e. The van der Waals surface area contributed by atoms with Crippen LogP contribution in [0.3, 0.4) is 0 Å². The average Bonchev–Trinajstić information content (AvgIpc) is 2.17. The summed E-state index contributed by atoms with van der Waals surface area (Å²) in [5.41, 5.74) is 6.10. The summed E-state index contributed by atoms with van der Waals surface area (Å²) in [5, 5.41) is 24.9. The average molecular weight is 199 g/mol. The minimum atomic E-state index is -1.16. The van der Waals surface area contributed by atoms with Crippen LogP contribution in [0.5, 0.6) is 5.75 Å². The Balaban J connectivity index is 0.000000791. The van der Waals surface area contributed by atoms with Gasteiger partial charge in [-0.3, -0.25) is 0 Å². The molecule has 0 atom stereocenters. The molecule has 0 saturated carbocycles. The van der Waals surface area contributed by atoms with Gasteiger partial charge >= 0.3 is 5.97 Å². The van der Waals surface area contributed by atoms with Gasteiger partial charge in [0.2, 0.25) is 0 Å². The van der Waals surface area contributed by atoms with Gasteiger partial charge in [0.05, 0.1) is 0 Å². The molecule has 5 N–H and O–H groups in total. The van der Waals surface area contributed by atoms with Crippen LogP contribution in [-0.2, 0) is 0 Å². The number of nitrogen functional groups attached to an aromatic ring is 1. The van der Waals surface area contributed by atoms with Crippen molar-refractivity contribution < 1.29 is 20.1 Å². The largest absolute Gasteiger partial charge is 0.507 e. The molecule has 0 aliphatic carbocycles. The van der Waals surface area contributed by atoms with E-state index >= 15 is 0 Å². The van der Waals surface area contributed by atoms with E-state index in [1.165, 1.54) is 12.1 Å². The van der Waals surface area contributed by atoms with Crippen LogP contribution in [0.15, 0.2) is 12.1 Å². The van der Waals surface area contributed by atoms with Gasteiger partial charge in [0, 0.05) is 18.4 Å². The zero-order valence-corrected chi connectivity index (χ0v) is 7.98. The van der Waals surface area contributed by atoms with Gasteiger partial charge in [0.1, 0.15) is 11.3 Å². The number of hydrogen-bond acceptors (Lipinski definition) is 4. The molecule has 14 heavy (non-hydrogen) atoms. The van der Waals surface area contributed by atoms with E-state index in [2.05, 4.69) is 0 Å². The van der Waals surface area contributed by atoms with Crippen molar-refractivity contribution in [1.29, 1.82) is 0 Å². The number of rotatable bonds is 1. The van der Waals surface area contributed by atoms with E-state index in [-0.39, 0.29) is 11.3 Å². The van der Waals surface area contributed by atoms with Crippen LogP contribution in [0.4, 0.5) is 5.69 Å². The number of aromatic hydroxyl groups is 1. The van der Waals surface area contributed by atoms with Crippen LogP contribution >= 0.6 is 0 Å². The molecule has 0 heterocycles. The van der Waals surface area contributed by atoms with Crippen molar-refractivity contribution in [2.24, 2.45) is 0 Å². The maximum absolute atomic E-state index is 10.5. The Morgan fingerprint density at radius 3 is 2.29 bits per heavy atom. The molecule has 0 amide bonds. The monoisotopic (exact) mass is 199 g/mol. The second-order valence-corrected chi connectivity index (χ2v) is 2.48. The van der Waals surface area contributed by atoms with Gasteiger partial charge in [-0.2, -0.15) is 0 Å². The molecule has 0 unspecified atom stereocenters. The first kappa shape index (κ1) is 12.2. The zero-order valence-electron chi connectivity index (χ0n) is 7.98. The summed E-state index contributed by atoms with van der Waals surface area (Å²) >= 11 is 0. The number of hydrogen-bond donors (Lipinski definition) is 4. The molecule has 0 aliphatic rings. The Morgan fingerprint density at radius 1 is 1.36 bits per heavy atom. The highest BCUT2D eigenvalue weighted by Gasteiger charge is 2.12. The molecule has 5 heteroatoms. The highest BCUT2D eigenvalue weighted by molar-refractivity contribution is 5.92. The van der Waals surface area contributed by atoms with Crippen LogP contribution in [-0.4, -0.2) is 28.4 Å². The second-order valence-electron chi connectivity index (χ2n) is 2.48. The first-order chi connectivity index (χ1) is 6.54. The molecule has 5 nitrogen and oxygen atoms in total. The number of carboxylic acids is 1. The Bertz CT molecular complexity index is 336. The molecule has 0 aromatic heterocycles. The number of aliphatic hydroxyl groups is 1. The van der Waals surface area contributed by atoms with E-state index < -0.39 is 5.97 Å². The minimum absolute atomic E-state index is 0.123. The molecule has 1 rings (SSSR count). The lowest BCUT2D eigenvalue weighted by Crippen LogP contribution is -1.99. The second kappa shape index (κ2) is 5.08. The van der Waals surface area contributed by atoms with Gasteiger partial charge < -0.3 is 21.1 Å². The van der Waals surface area contributed by atoms with Crippen molar-refractivity contribution >= 4 is 11.7 Å². The van der Waals surface area contributed by atoms with E-state index in [0.29, 0.717) is 11.3 Å². The van der Waals surface area contributed by atoms with Crippen molar-refractivity contribution in [2.45, 2.75) is 6.92 Å². The highest BCUT2D eigenvalue weighted by atomic mass is 16.4. The van der Waals surface area contributed by atoms with Gasteiger partial charge in [-0.1, -0.05) is 0 Å². The summed E-state index contributed by atoms with van der Waals surface area (Å²) in [6, 6.07) is 2.73. The SMILES string of the molecule is CO.Cc1c(N)ccc(C(=O)O)c1O. The first-order valence-electron chi connectivity index (χ1n) is 3.80. The third kappa shape index (κ3) is 2.37. The van der Waals surface area contributed by atoms with Gasteiger partial charge in [-0.25, -0.2) is 4.79 Å². The summed E-state index contributed by atoms with van der Waals surface area (Å²) in [7, 11) is 1.00. The fourth-order valence-electron chi connectivity index (χ4n) is 0.888. The van der Waals surface area contributed by atoms with Gasteiger partial charge in [0.25, 0.3) is 0 Å². The van der Waals surface area contributed by atoms with Crippen LogP contribution in [0.1, 0.15) is 15.9 Å². The van der Waals surface area contributed by atoms with Crippen LogP contribution in [0.25, 0.3) is 0 Å². The summed E-state index contributed by atoms with van der Waals surface area (Å²) < 4.78 is 0. The van der Waals surface area contributed by atoms with E-state index in [1.54, 1.807) is 6.92 Å². The van der Waals surface area contributed by atoms with Crippen LogP contribution < -0.4 is 5.73 Å². The molecule has 0 radical (unpaired) electrons. The molecule has 1 aromatic rings. The summed E-state index contributed by atoms with van der Waals surface area (Å²) in [6.45, 7) is 1.57. The third-order valence-electron chi connectivity index (χ3n) is 1.70. The highest BCUT2D eigenvalue weighted by Crippen LogP contribution is 2.26. The third-order valence-corrected chi connectivity index (χ3v) is 1.70. The van der Waals surface area contributed by atoms with Gasteiger partial charge in [-0.15, -0.1) is 0 Å². The van der Waals surface area contributed by atoms with Crippen molar-refractivity contribution in [3.8, 4) is 5.75 Å². The van der Waals surface area contributed by atoms with Crippen LogP contribution in [0.2, 0.25) is 0 Å². The lowest BCUT2D eigenvalue weighted by atomic mass is 10.1. The van der Waals surface area contributed by atoms with Gasteiger partial charge in [-0.05, 0) is 19.1 Å². The van der Waals surface area contributed by atoms with Crippen molar-refractivity contribution in [2.75, 3.05) is 12.8 Å². The normalized spacial score (nSPS) is 8.79. The standard InChI is InChI=1S/C8H9NO3.CH4O/c1-4-6(9)3-2-5(7(4)10)8(11)12;1-2/h2-3,10H,9H2,1H3,(H,11,12);2H,1H3. The number of nitrogens with two attached hydrogens (primary N) is 1. The summed E-state index contributed by atoms with van der Waals surface area (Å²) in [4.78, 5) is 10.5. The first-order valence-corrected chi connectivity index (χ1v) is 3.80. The Hall–Kier alpha value is -1.75. The molecule has 0 fully saturated rings. The van der Waals surface area contributed by atoms with E-state index in [1.807, 2.05) is 0 Å². The molecular weight excluding hydrogens is 186 g/mol. The van der Waals surface area contributed by atoms with Crippen LogP contribution in [0, 0.1) is 6.92 Å². The molecule has 0 aliphatic heterocycles. The minimum Gasteiger partial charge on any atom is -0.507 e. The zero-order chi connectivity index (χ0) is 11.3. The topological polar surface area (TPSA) is 104 Å². The Labute approximate surface area is 81.4 Å². The number of benzene rings is 1. The van der Waals surface area contributed by atoms with Crippen molar-refractivity contribution in [3.63, 3.8) is 0 Å². The lowest BCUT2D eigenvalue weighted by Gasteiger charge is -2.04. The summed E-state index contributed by atoms with van der Waals surface area (Å²) in [5.74, 6) is -1.42. The number of carbonyl (C=O) groups is 1. The smallest absolute Gasteiger partial charge is 0.339 e. The fourth-order valence-corrected chi connectivity index (χ4v) is 0.888. The van der Waals surface area contributed by atoms with E-state index in [0.717, 1.165) is 7.11 Å². The number of aliphatic hydroxyl groups excluding tert-OH is 1. The molecule has 0 bridgehead atoms. The van der Waals surface area contributed by atoms with E-state index in [4.69, 9.17) is 15.9 Å². The predicted octanol–water partition coefficient (Wildman–Crippen LogP) is 0.590. The molecule has 0 spiro atoms. The number of aromatic carboxylic acids is 1. The molecule has 0 saturated heterocycles. The maximum atomic E-state index is 10.5. The van der Waals surface area contributed by atoms with Gasteiger partial charge in [0.15, 0.2) is 0 Å². The lowest BCUT2D eigenvalue weighted by molar-refractivity contribution is 0.0693. The summed E-state index contributed by atoms with van der Waals surface area (Å²) in [6.07, 6.45) is 0. The Kier molecular flexibility index (Phi) is 4.45. The Morgan fingerprint density at radius 2 is 1.86 bits per heavy atom. The predicted molar refractivity (Wildman–Crippen MR) is 52.4 cm³/mol. The fraction of sp³-hybridized carbons (Fsp3) is 0.222. The number of carboxylic acid groups (broad SMARTS) is 1. The quantitative estimate of drug-likeness (QED) is 0.495. The van der Waals surface area contributed by atoms with Crippen molar-refractivity contribution in [3.05, 3.63) is 23.3 Å². The number of anilines is 1. The molecular formula is C9H13NO4. The van der Waals surface area contributed by atoms with E-state index in [9.17, 15) is 9.90 Å². The van der Waals surface area contributed by atoms with Crippen molar-refractivity contribution in [1.82, 2.24) is 0 Å². The number of phenols is 1. The molecule has 78 valence electrons.